The topological polar surface area (TPSA) is 54.3 Å². The number of benzene rings is 2. The molecule has 5 rings (SSSR count). The third kappa shape index (κ3) is 3.51. The van der Waals surface area contributed by atoms with E-state index in [-0.39, 0.29) is 11.4 Å². The predicted molar refractivity (Wildman–Crippen MR) is 135 cm³/mol. The van der Waals surface area contributed by atoms with Gasteiger partial charge in [-0.25, -0.2) is 9.37 Å². The molecule has 2 aromatic heterocycles. The number of nitrogens with zero attached hydrogens (tertiary/aromatic N) is 5. The second-order valence-corrected chi connectivity index (χ2v) is 9.11. The second kappa shape index (κ2) is 8.40. The highest BCUT2D eigenvalue weighted by Gasteiger charge is 2.25. The number of anilines is 1. The number of hydrogen-bond acceptors (Lipinski definition) is 4. The predicted octanol–water partition coefficient (Wildman–Crippen LogP) is 5.03. The number of carbonyl (C=O) groups excluding carboxylic acids is 1. The summed E-state index contributed by atoms with van der Waals surface area (Å²) < 4.78 is 18.0. The van der Waals surface area contributed by atoms with Gasteiger partial charge in [0, 0.05) is 66.5 Å². The van der Waals surface area contributed by atoms with Crippen molar-refractivity contribution < 1.29 is 9.18 Å². The van der Waals surface area contributed by atoms with E-state index in [0.29, 0.717) is 42.2 Å². The van der Waals surface area contributed by atoms with Gasteiger partial charge in [0.15, 0.2) is 5.82 Å². The maximum absolute atomic E-state index is 16.2. The Balaban J connectivity index is 1.68. The number of halogens is 2. The molecule has 0 spiro atoms. The van der Waals surface area contributed by atoms with Gasteiger partial charge in [-0.2, -0.15) is 5.10 Å². The molecule has 1 amide bonds. The zero-order chi connectivity index (χ0) is 24.1. The number of carbonyl (C=O) groups is 1. The molecule has 0 N–H and O–H groups in total. The molecule has 1 aliphatic rings. The first-order chi connectivity index (χ1) is 16.3. The van der Waals surface area contributed by atoms with Gasteiger partial charge in [0.1, 0.15) is 5.52 Å². The SMILES string of the molecule is C=CC(=O)N1CCN(c2cc(C)nc3c(F)c(-c4c(C)ccc5cnn(C)c45)c(Cl)cc23)CC1. The van der Waals surface area contributed by atoms with Gasteiger partial charge in [-0.3, -0.25) is 9.48 Å². The summed E-state index contributed by atoms with van der Waals surface area (Å²) in [5.74, 6) is -0.515. The van der Waals surface area contributed by atoms with Gasteiger partial charge < -0.3 is 9.80 Å². The first kappa shape index (κ1) is 22.3. The van der Waals surface area contributed by atoms with Crippen LogP contribution < -0.4 is 4.90 Å². The Bertz CT molecular complexity index is 1470. The van der Waals surface area contributed by atoms with Crippen molar-refractivity contribution in [2.24, 2.45) is 7.05 Å². The van der Waals surface area contributed by atoms with Crippen LogP contribution in [0.4, 0.5) is 10.1 Å². The van der Waals surface area contributed by atoms with Crippen LogP contribution >= 0.6 is 11.6 Å². The van der Waals surface area contributed by atoms with Crippen LogP contribution in [0.1, 0.15) is 11.3 Å². The van der Waals surface area contributed by atoms with Crippen molar-refractivity contribution in [1.29, 1.82) is 0 Å². The normalized spacial score (nSPS) is 14.3. The molecule has 1 aliphatic heterocycles. The lowest BCUT2D eigenvalue weighted by Crippen LogP contribution is -2.48. The molecule has 0 radical (unpaired) electrons. The maximum Gasteiger partial charge on any atom is 0.246 e. The summed E-state index contributed by atoms with van der Waals surface area (Å²) in [6, 6.07) is 7.70. The summed E-state index contributed by atoms with van der Waals surface area (Å²) in [6.07, 6.45) is 3.10. The lowest BCUT2D eigenvalue weighted by molar-refractivity contribution is -0.126. The standard InChI is InChI=1S/C26H25ClFN5O/c1-5-21(34)33-10-8-32(9-11-33)20-12-16(3)30-25-18(20)13-19(27)23(24(25)28)22-15(2)6-7-17-14-29-31(4)26(17)22/h5-7,12-14H,1,8-11H2,2-4H3. The van der Waals surface area contributed by atoms with Crippen LogP contribution in [-0.4, -0.2) is 51.8 Å². The molecule has 0 unspecified atom stereocenters. The highest BCUT2D eigenvalue weighted by Crippen LogP contribution is 2.42. The van der Waals surface area contributed by atoms with E-state index < -0.39 is 5.82 Å². The molecule has 0 atom stereocenters. The summed E-state index contributed by atoms with van der Waals surface area (Å²) in [6.45, 7) is 9.79. The molecule has 1 fully saturated rings. The van der Waals surface area contributed by atoms with Gasteiger partial charge in [-0.15, -0.1) is 0 Å². The van der Waals surface area contributed by atoms with Gasteiger partial charge in [-0.1, -0.05) is 30.3 Å². The van der Waals surface area contributed by atoms with E-state index in [4.69, 9.17) is 11.6 Å². The quantitative estimate of drug-likeness (QED) is 0.388. The molecular weight excluding hydrogens is 453 g/mol. The van der Waals surface area contributed by atoms with Crippen LogP contribution in [0, 0.1) is 19.7 Å². The van der Waals surface area contributed by atoms with Crippen LogP contribution in [0.3, 0.4) is 0 Å². The molecular formula is C26H25ClFN5O. The average Bonchev–Trinajstić information content (AvgIpc) is 3.21. The Morgan fingerprint density at radius 1 is 1.15 bits per heavy atom. The van der Waals surface area contributed by atoms with Crippen molar-refractivity contribution in [3.8, 4) is 11.1 Å². The molecule has 6 nitrogen and oxygen atoms in total. The smallest absolute Gasteiger partial charge is 0.246 e. The number of hydrogen-bond donors (Lipinski definition) is 0. The highest BCUT2D eigenvalue weighted by atomic mass is 35.5. The van der Waals surface area contributed by atoms with Crippen LogP contribution in [-0.2, 0) is 11.8 Å². The van der Waals surface area contributed by atoms with Crippen molar-refractivity contribution in [1.82, 2.24) is 19.7 Å². The Hall–Kier alpha value is -3.45. The molecule has 174 valence electrons. The molecule has 4 aromatic rings. The van der Waals surface area contributed by atoms with Crippen molar-refractivity contribution in [2.75, 3.05) is 31.1 Å². The molecule has 0 aliphatic carbocycles. The van der Waals surface area contributed by atoms with E-state index in [1.54, 1.807) is 15.8 Å². The van der Waals surface area contributed by atoms with Gasteiger partial charge in [0.05, 0.1) is 16.7 Å². The van der Waals surface area contributed by atoms with E-state index in [1.165, 1.54) is 6.08 Å². The third-order valence-electron chi connectivity index (χ3n) is 6.57. The fraction of sp³-hybridized carbons (Fsp3) is 0.269. The zero-order valence-corrected chi connectivity index (χ0v) is 20.2. The van der Waals surface area contributed by atoms with Gasteiger partial charge in [0.2, 0.25) is 5.91 Å². The van der Waals surface area contributed by atoms with E-state index in [0.717, 1.165) is 33.4 Å². The molecule has 8 heteroatoms. The molecule has 2 aromatic carbocycles. The summed E-state index contributed by atoms with van der Waals surface area (Å²) in [5, 5.41) is 6.26. The van der Waals surface area contributed by atoms with E-state index in [2.05, 4.69) is 21.6 Å². The zero-order valence-electron chi connectivity index (χ0n) is 19.4. The highest BCUT2D eigenvalue weighted by molar-refractivity contribution is 6.35. The minimum Gasteiger partial charge on any atom is -0.367 e. The molecule has 1 saturated heterocycles. The lowest BCUT2D eigenvalue weighted by atomic mass is 9.95. The van der Waals surface area contributed by atoms with Crippen LogP contribution in [0.2, 0.25) is 5.02 Å². The number of aryl methyl sites for hydroxylation is 3. The Kier molecular flexibility index (Phi) is 5.52. The summed E-state index contributed by atoms with van der Waals surface area (Å²) >= 11 is 6.79. The minimum absolute atomic E-state index is 0.0751. The van der Waals surface area contributed by atoms with Crippen molar-refractivity contribution in [3.63, 3.8) is 0 Å². The number of amides is 1. The van der Waals surface area contributed by atoms with Crippen molar-refractivity contribution in [2.45, 2.75) is 13.8 Å². The Morgan fingerprint density at radius 3 is 2.59 bits per heavy atom. The van der Waals surface area contributed by atoms with Crippen molar-refractivity contribution in [3.05, 3.63) is 65.2 Å². The molecule has 3 heterocycles. The van der Waals surface area contributed by atoms with E-state index >= 15 is 4.39 Å². The number of fused-ring (bicyclic) bond motifs is 2. The van der Waals surface area contributed by atoms with Gasteiger partial charge >= 0.3 is 0 Å². The van der Waals surface area contributed by atoms with Crippen LogP contribution in [0.25, 0.3) is 32.9 Å². The number of rotatable bonds is 3. The lowest BCUT2D eigenvalue weighted by Gasteiger charge is -2.36. The van der Waals surface area contributed by atoms with Crippen LogP contribution in [0.15, 0.2) is 43.1 Å². The Labute approximate surface area is 202 Å². The monoisotopic (exact) mass is 477 g/mol. The summed E-state index contributed by atoms with van der Waals surface area (Å²) in [5.41, 5.74) is 4.68. The van der Waals surface area contributed by atoms with Crippen molar-refractivity contribution >= 4 is 45.0 Å². The van der Waals surface area contributed by atoms with E-state index in [9.17, 15) is 4.79 Å². The maximum atomic E-state index is 16.2. The van der Waals surface area contributed by atoms with E-state index in [1.807, 2.05) is 45.2 Å². The number of pyridine rings is 1. The molecule has 0 bridgehead atoms. The number of aromatic nitrogens is 3. The first-order valence-corrected chi connectivity index (χ1v) is 11.5. The number of piperazine rings is 1. The first-order valence-electron chi connectivity index (χ1n) is 11.2. The van der Waals surface area contributed by atoms with Gasteiger partial charge in [-0.05, 0) is 37.6 Å². The largest absolute Gasteiger partial charge is 0.367 e. The third-order valence-corrected chi connectivity index (χ3v) is 6.87. The average molecular weight is 478 g/mol. The molecule has 0 saturated carbocycles. The second-order valence-electron chi connectivity index (χ2n) is 8.71. The molecule has 34 heavy (non-hydrogen) atoms. The Morgan fingerprint density at radius 2 is 1.88 bits per heavy atom. The fourth-order valence-corrected chi connectivity index (χ4v) is 5.15. The van der Waals surface area contributed by atoms with Crippen LogP contribution in [0.5, 0.6) is 0 Å². The van der Waals surface area contributed by atoms with Gasteiger partial charge in [0.25, 0.3) is 0 Å². The summed E-state index contributed by atoms with van der Waals surface area (Å²) in [4.78, 5) is 20.5. The minimum atomic E-state index is -0.440. The summed E-state index contributed by atoms with van der Waals surface area (Å²) in [7, 11) is 1.84. The fourth-order valence-electron chi connectivity index (χ4n) is 4.87.